The molecule has 1 amide bonds. The second kappa shape index (κ2) is 5.87. The molecular weight excluding hydrogens is 228 g/mol. The molecule has 0 heterocycles. The highest BCUT2D eigenvalue weighted by atomic mass is 16.6. The van der Waals surface area contributed by atoms with E-state index in [2.05, 4.69) is 27.1 Å². The molecule has 0 bridgehead atoms. The molecule has 0 aromatic heterocycles. The minimum Gasteiger partial charge on any atom is -0.410 e. The smallest absolute Gasteiger partial charge is 0.410 e. The van der Waals surface area contributed by atoms with E-state index in [-0.39, 0.29) is 6.09 Å². The highest BCUT2D eigenvalue weighted by Gasteiger charge is 2.14. The lowest BCUT2D eigenvalue weighted by molar-refractivity contribution is -0.872. The van der Waals surface area contributed by atoms with Crippen LogP contribution in [0.15, 0.2) is 12.1 Å². The van der Waals surface area contributed by atoms with Gasteiger partial charge in [-0.15, -0.1) is 0 Å². The minimum absolute atomic E-state index is 0.340. The molecule has 0 atom stereocenters. The molecule has 0 aliphatic rings. The summed E-state index contributed by atoms with van der Waals surface area (Å²) >= 11 is 0. The summed E-state index contributed by atoms with van der Waals surface area (Å²) in [5.41, 5.74) is 3.42. The maximum absolute atomic E-state index is 11.6. The Labute approximate surface area is 109 Å². The van der Waals surface area contributed by atoms with Crippen molar-refractivity contribution in [1.82, 2.24) is 4.90 Å². The normalized spacial score (nSPS) is 10.6. The molecule has 1 aromatic carbocycles. The summed E-state index contributed by atoms with van der Waals surface area (Å²) in [5, 5.41) is 0. The molecule has 0 spiro atoms. The van der Waals surface area contributed by atoms with Crippen LogP contribution in [0.25, 0.3) is 0 Å². The van der Waals surface area contributed by atoms with E-state index < -0.39 is 0 Å². The number of nitrogens with zero attached hydrogens (tertiary/aromatic N) is 1. The van der Waals surface area contributed by atoms with E-state index >= 15 is 0 Å². The van der Waals surface area contributed by atoms with E-state index in [0.29, 0.717) is 5.75 Å². The molecule has 1 rings (SSSR count). The highest BCUT2D eigenvalue weighted by Crippen LogP contribution is 2.23. The van der Waals surface area contributed by atoms with Gasteiger partial charge >= 0.3 is 6.09 Å². The van der Waals surface area contributed by atoms with Crippen molar-refractivity contribution in [3.8, 4) is 5.75 Å². The summed E-state index contributed by atoms with van der Waals surface area (Å²) in [6, 6.07) is 4.04. The van der Waals surface area contributed by atoms with Gasteiger partial charge in [-0.3, -0.25) is 0 Å². The molecule has 1 aromatic rings. The Hall–Kier alpha value is -1.55. The lowest BCUT2D eigenvalue weighted by Gasteiger charge is -2.16. The van der Waals surface area contributed by atoms with Crippen LogP contribution >= 0.6 is 0 Å². The topological polar surface area (TPSA) is 34.0 Å². The van der Waals surface area contributed by atoms with Crippen LogP contribution in [0.4, 0.5) is 4.79 Å². The Balaban J connectivity index is 3.07. The van der Waals surface area contributed by atoms with Crippen LogP contribution in [0.2, 0.25) is 0 Å². The molecule has 0 unspecified atom stereocenters. The number of ether oxygens (including phenoxy) is 1. The van der Waals surface area contributed by atoms with Gasteiger partial charge in [0.15, 0.2) is 0 Å². The summed E-state index contributed by atoms with van der Waals surface area (Å²) in [6.45, 7) is 4.92. The van der Waals surface area contributed by atoms with Gasteiger partial charge in [0.05, 0.1) is 14.1 Å². The monoisotopic (exact) mass is 251 g/mol. The first-order valence-corrected chi connectivity index (χ1v) is 6.09. The van der Waals surface area contributed by atoms with Gasteiger partial charge in [-0.25, -0.2) is 4.79 Å². The Morgan fingerprint density at radius 1 is 1.22 bits per heavy atom. The quantitative estimate of drug-likeness (QED) is 0.870. The average Bonchev–Trinajstić information content (AvgIpc) is 2.24. The first kappa shape index (κ1) is 14.5. The number of hydrogen-bond donors (Lipinski definition) is 1. The number of carbonyl (C=O) groups is 1. The van der Waals surface area contributed by atoms with E-state index in [4.69, 9.17) is 4.74 Å². The van der Waals surface area contributed by atoms with Gasteiger partial charge in [0.25, 0.3) is 0 Å². The molecule has 0 saturated heterocycles. The third kappa shape index (κ3) is 3.74. The molecular formula is C14H23N2O2+. The number of rotatable bonds is 3. The molecule has 18 heavy (non-hydrogen) atoms. The number of quaternary nitrogens is 1. The third-order valence-electron chi connectivity index (χ3n) is 2.78. The number of aryl methyl sites for hydroxylation is 2. The first-order valence-electron chi connectivity index (χ1n) is 6.09. The molecule has 0 fully saturated rings. The molecule has 100 valence electrons. The zero-order valence-electron chi connectivity index (χ0n) is 12.1. The Morgan fingerprint density at radius 3 is 2.28 bits per heavy atom. The number of amides is 1. The third-order valence-corrected chi connectivity index (χ3v) is 2.78. The van der Waals surface area contributed by atoms with Gasteiger partial charge in [0.1, 0.15) is 12.3 Å². The minimum atomic E-state index is -0.340. The van der Waals surface area contributed by atoms with Crippen LogP contribution in [0, 0.1) is 13.8 Å². The van der Waals surface area contributed by atoms with Crippen molar-refractivity contribution >= 4 is 6.09 Å². The van der Waals surface area contributed by atoms with E-state index in [1.54, 1.807) is 14.1 Å². The van der Waals surface area contributed by atoms with Crippen molar-refractivity contribution < 1.29 is 14.4 Å². The van der Waals surface area contributed by atoms with Crippen LogP contribution in [0.1, 0.15) is 16.7 Å². The largest absolute Gasteiger partial charge is 0.414 e. The summed E-state index contributed by atoms with van der Waals surface area (Å²) in [5.74, 6) is 0.665. The van der Waals surface area contributed by atoms with Crippen molar-refractivity contribution in [2.45, 2.75) is 20.4 Å². The van der Waals surface area contributed by atoms with Crippen LogP contribution in [0.3, 0.4) is 0 Å². The van der Waals surface area contributed by atoms with Gasteiger partial charge in [0, 0.05) is 19.7 Å². The molecule has 0 aliphatic carbocycles. The van der Waals surface area contributed by atoms with Gasteiger partial charge in [-0.1, -0.05) is 0 Å². The second-order valence-electron chi connectivity index (χ2n) is 5.19. The first-order chi connectivity index (χ1) is 8.31. The van der Waals surface area contributed by atoms with Crippen molar-refractivity contribution in [3.05, 3.63) is 28.8 Å². The SMILES string of the molecule is Cc1cc(C[NH+](C)C)c(OC(=O)N(C)C)cc1C. The number of hydrogen-bond acceptors (Lipinski definition) is 2. The van der Waals surface area contributed by atoms with Crippen molar-refractivity contribution in [2.24, 2.45) is 0 Å². The fraction of sp³-hybridized carbons (Fsp3) is 0.500. The lowest BCUT2D eigenvalue weighted by Crippen LogP contribution is -3.04. The lowest BCUT2D eigenvalue weighted by atomic mass is 10.0. The number of nitrogens with one attached hydrogen (secondary N) is 1. The Kier molecular flexibility index (Phi) is 4.73. The van der Waals surface area contributed by atoms with Crippen molar-refractivity contribution in [3.63, 3.8) is 0 Å². The summed E-state index contributed by atoms with van der Waals surface area (Å²) in [4.78, 5) is 14.4. The molecule has 4 nitrogen and oxygen atoms in total. The predicted molar refractivity (Wildman–Crippen MR) is 72.1 cm³/mol. The van der Waals surface area contributed by atoms with E-state index in [9.17, 15) is 4.79 Å². The van der Waals surface area contributed by atoms with Crippen LogP contribution < -0.4 is 9.64 Å². The van der Waals surface area contributed by atoms with E-state index in [1.165, 1.54) is 15.4 Å². The van der Waals surface area contributed by atoms with Gasteiger partial charge < -0.3 is 14.5 Å². The standard InChI is InChI=1S/C14H22N2O2/c1-10-7-12(9-15(3)4)13(8-11(10)2)18-14(17)16(5)6/h7-8H,9H2,1-6H3/p+1. The fourth-order valence-electron chi connectivity index (χ4n) is 1.65. The van der Waals surface area contributed by atoms with Crippen molar-refractivity contribution in [2.75, 3.05) is 28.2 Å². The average molecular weight is 251 g/mol. The van der Waals surface area contributed by atoms with Gasteiger partial charge in [-0.05, 0) is 37.1 Å². The maximum atomic E-state index is 11.6. The van der Waals surface area contributed by atoms with E-state index in [1.807, 2.05) is 13.0 Å². The summed E-state index contributed by atoms with van der Waals surface area (Å²) < 4.78 is 5.42. The highest BCUT2D eigenvalue weighted by molar-refractivity contribution is 5.70. The molecule has 0 saturated carbocycles. The molecule has 0 aliphatic heterocycles. The van der Waals surface area contributed by atoms with Crippen LogP contribution in [0.5, 0.6) is 5.75 Å². The molecule has 1 N–H and O–H groups in total. The number of carbonyl (C=O) groups excluding carboxylic acids is 1. The summed E-state index contributed by atoms with van der Waals surface area (Å²) in [6.07, 6.45) is -0.340. The van der Waals surface area contributed by atoms with Gasteiger partial charge in [0.2, 0.25) is 0 Å². The Morgan fingerprint density at radius 2 is 1.78 bits per heavy atom. The summed E-state index contributed by atoms with van der Waals surface area (Å²) in [7, 11) is 7.51. The molecule has 4 heteroatoms. The zero-order chi connectivity index (χ0) is 13.9. The predicted octanol–water partition coefficient (Wildman–Crippen LogP) is 1.01. The fourth-order valence-corrected chi connectivity index (χ4v) is 1.65. The van der Waals surface area contributed by atoms with Crippen LogP contribution in [-0.2, 0) is 6.54 Å². The van der Waals surface area contributed by atoms with Crippen molar-refractivity contribution in [1.29, 1.82) is 0 Å². The maximum Gasteiger partial charge on any atom is 0.414 e. The number of benzene rings is 1. The van der Waals surface area contributed by atoms with Gasteiger partial charge in [-0.2, -0.15) is 0 Å². The Bertz CT molecular complexity index is 440. The van der Waals surface area contributed by atoms with Crippen LogP contribution in [-0.4, -0.2) is 39.2 Å². The second-order valence-corrected chi connectivity index (χ2v) is 5.19. The zero-order valence-corrected chi connectivity index (χ0v) is 12.1. The van der Waals surface area contributed by atoms with E-state index in [0.717, 1.165) is 17.7 Å². The molecule has 0 radical (unpaired) electrons.